The second-order valence-electron chi connectivity index (χ2n) is 4.46. The van der Waals surface area contributed by atoms with E-state index in [0.717, 1.165) is 0 Å². The van der Waals surface area contributed by atoms with Crippen molar-refractivity contribution in [3.8, 4) is 0 Å². The first-order chi connectivity index (χ1) is 8.38. The van der Waals surface area contributed by atoms with E-state index in [1.807, 2.05) is 0 Å². The van der Waals surface area contributed by atoms with Gasteiger partial charge in [0.15, 0.2) is 0 Å². The highest BCUT2D eigenvalue weighted by Crippen LogP contribution is 2.20. The molecule has 1 aliphatic heterocycles. The molecule has 0 atom stereocenters. The number of anilines is 1. The molecule has 0 amide bonds. The molecule has 7 nitrogen and oxygen atoms in total. The minimum Gasteiger partial charge on any atom is -0.382 e. The lowest BCUT2D eigenvalue weighted by Crippen LogP contribution is -2.40. The smallest absolute Gasteiger partial charge is 0.250 e. The van der Waals surface area contributed by atoms with E-state index in [1.54, 1.807) is 6.07 Å². The van der Waals surface area contributed by atoms with E-state index in [-0.39, 0.29) is 11.8 Å². The van der Waals surface area contributed by atoms with E-state index in [0.29, 0.717) is 31.7 Å². The number of nitrogens with two attached hydrogens (primary N) is 1. The van der Waals surface area contributed by atoms with Crippen LogP contribution in [0.15, 0.2) is 12.3 Å². The van der Waals surface area contributed by atoms with Crippen LogP contribution >= 0.6 is 0 Å². The third-order valence-electron chi connectivity index (χ3n) is 3.11. The van der Waals surface area contributed by atoms with Gasteiger partial charge in [0.25, 0.3) is 0 Å². The molecule has 1 saturated heterocycles. The summed E-state index contributed by atoms with van der Waals surface area (Å²) in [5.41, 5.74) is 5.45. The van der Waals surface area contributed by atoms with Crippen LogP contribution in [0.4, 0.5) is 5.82 Å². The Morgan fingerprint density at radius 2 is 2.06 bits per heavy atom. The van der Waals surface area contributed by atoms with E-state index in [4.69, 9.17) is 5.73 Å². The topological polar surface area (TPSA) is 98.3 Å². The van der Waals surface area contributed by atoms with Crippen molar-refractivity contribution in [2.75, 3.05) is 25.1 Å². The number of sulfonamides is 1. The van der Waals surface area contributed by atoms with Crippen molar-refractivity contribution >= 4 is 21.7 Å². The summed E-state index contributed by atoms with van der Waals surface area (Å²) < 4.78 is 25.3. The second kappa shape index (κ2) is 4.69. The summed E-state index contributed by atoms with van der Waals surface area (Å²) in [6.07, 6.45) is 3.75. The Labute approximate surface area is 106 Å². The number of piperidine rings is 1. The Morgan fingerprint density at radius 1 is 1.44 bits per heavy atom. The Balaban J connectivity index is 2.00. The monoisotopic (exact) mass is 272 g/mol. The summed E-state index contributed by atoms with van der Waals surface area (Å²) in [7, 11) is -3.16. The Bertz CT molecular complexity index is 543. The average molecular weight is 272 g/mol. The molecule has 18 heavy (non-hydrogen) atoms. The highest BCUT2D eigenvalue weighted by molar-refractivity contribution is 7.88. The summed E-state index contributed by atoms with van der Waals surface area (Å²) in [6.45, 7) is 0.762. The van der Waals surface area contributed by atoms with Gasteiger partial charge in [-0.3, -0.25) is 4.79 Å². The van der Waals surface area contributed by atoms with E-state index < -0.39 is 10.0 Å². The highest BCUT2D eigenvalue weighted by atomic mass is 32.2. The van der Waals surface area contributed by atoms with Gasteiger partial charge in [-0.05, 0) is 12.8 Å². The van der Waals surface area contributed by atoms with E-state index in [9.17, 15) is 13.2 Å². The number of carbonyl (C=O) groups excluding carboxylic acids is 1. The molecule has 0 radical (unpaired) electrons. The molecule has 100 valence electrons. The summed E-state index contributed by atoms with van der Waals surface area (Å²) in [5.74, 6) is -0.0147. The Kier molecular flexibility index (Phi) is 3.40. The van der Waals surface area contributed by atoms with Crippen molar-refractivity contribution in [2.45, 2.75) is 12.8 Å². The quantitative estimate of drug-likeness (QED) is 0.802. The molecule has 2 heterocycles. The van der Waals surface area contributed by atoms with E-state index in [1.165, 1.54) is 21.4 Å². The fourth-order valence-electron chi connectivity index (χ4n) is 2.08. The predicted molar refractivity (Wildman–Crippen MR) is 66.4 cm³/mol. The SMILES string of the molecule is CS(=O)(=O)N1CCC(C(=O)n2ccc(N)n2)CC1. The zero-order valence-corrected chi connectivity index (χ0v) is 10.9. The first kappa shape index (κ1) is 13.0. The van der Waals surface area contributed by atoms with Crippen molar-refractivity contribution < 1.29 is 13.2 Å². The van der Waals surface area contributed by atoms with Crippen LogP contribution < -0.4 is 5.73 Å². The standard InChI is InChI=1S/C10H16N4O3S/c1-18(16,17)13-5-2-8(3-6-13)10(15)14-7-4-9(11)12-14/h4,7-8H,2-3,5-6H2,1H3,(H2,11,12). The van der Waals surface area contributed by atoms with Crippen LogP contribution in [0.25, 0.3) is 0 Å². The molecule has 0 saturated carbocycles. The third kappa shape index (κ3) is 2.70. The maximum atomic E-state index is 12.0. The summed E-state index contributed by atoms with van der Waals surface area (Å²) >= 11 is 0. The minimum atomic E-state index is -3.16. The third-order valence-corrected chi connectivity index (χ3v) is 4.41. The molecule has 2 rings (SSSR count). The Hall–Kier alpha value is -1.41. The van der Waals surface area contributed by atoms with Crippen molar-refractivity contribution in [1.29, 1.82) is 0 Å². The van der Waals surface area contributed by atoms with Crippen molar-refractivity contribution in [2.24, 2.45) is 5.92 Å². The molecule has 0 spiro atoms. The zero-order valence-electron chi connectivity index (χ0n) is 10.1. The van der Waals surface area contributed by atoms with Gasteiger partial charge in [0.1, 0.15) is 5.82 Å². The van der Waals surface area contributed by atoms with Crippen LogP contribution in [0, 0.1) is 5.92 Å². The predicted octanol–water partition coefficient (Wildman–Crippen LogP) is -0.223. The summed E-state index contributed by atoms with van der Waals surface area (Å²) in [6, 6.07) is 1.56. The molecule has 1 aromatic rings. The number of aromatic nitrogens is 2. The average Bonchev–Trinajstić information content (AvgIpc) is 2.74. The van der Waals surface area contributed by atoms with Crippen molar-refractivity contribution in [3.05, 3.63) is 12.3 Å². The Morgan fingerprint density at radius 3 is 2.50 bits per heavy atom. The molecule has 1 aliphatic rings. The maximum absolute atomic E-state index is 12.0. The second-order valence-corrected chi connectivity index (χ2v) is 6.44. The fraction of sp³-hybridized carbons (Fsp3) is 0.600. The molecule has 2 N–H and O–H groups in total. The first-order valence-corrected chi connectivity index (χ1v) is 7.53. The lowest BCUT2D eigenvalue weighted by molar-refractivity contribution is 0.0770. The van der Waals surface area contributed by atoms with Crippen LogP contribution in [0.5, 0.6) is 0 Å². The van der Waals surface area contributed by atoms with Crippen molar-refractivity contribution in [3.63, 3.8) is 0 Å². The molecule has 1 fully saturated rings. The van der Waals surface area contributed by atoms with Gasteiger partial charge in [-0.1, -0.05) is 0 Å². The molecule has 8 heteroatoms. The van der Waals surface area contributed by atoms with E-state index >= 15 is 0 Å². The highest BCUT2D eigenvalue weighted by Gasteiger charge is 2.29. The van der Waals surface area contributed by atoms with Gasteiger partial charge in [-0.25, -0.2) is 17.4 Å². The molecule has 0 aromatic carbocycles. The van der Waals surface area contributed by atoms with Gasteiger partial charge in [-0.2, -0.15) is 0 Å². The first-order valence-electron chi connectivity index (χ1n) is 5.68. The van der Waals surface area contributed by atoms with Gasteiger partial charge in [0.2, 0.25) is 15.9 Å². The van der Waals surface area contributed by atoms with Crippen molar-refractivity contribution in [1.82, 2.24) is 14.1 Å². The number of rotatable bonds is 2. The molecule has 0 bridgehead atoms. The van der Waals surface area contributed by atoms with Gasteiger partial charge in [-0.15, -0.1) is 5.10 Å². The van der Waals surface area contributed by atoms with Crippen LogP contribution in [0.3, 0.4) is 0 Å². The molecule has 0 unspecified atom stereocenters. The zero-order chi connectivity index (χ0) is 13.3. The normalized spacial score (nSPS) is 18.9. The van der Waals surface area contributed by atoms with E-state index in [2.05, 4.69) is 5.10 Å². The minimum absolute atomic E-state index is 0.125. The van der Waals surface area contributed by atoms with Gasteiger partial charge in [0, 0.05) is 31.3 Å². The lowest BCUT2D eigenvalue weighted by atomic mass is 9.97. The van der Waals surface area contributed by atoms with Gasteiger partial charge in [0.05, 0.1) is 6.26 Å². The molecular formula is C10H16N4O3S. The van der Waals surface area contributed by atoms with Crippen LogP contribution in [-0.2, 0) is 10.0 Å². The molecular weight excluding hydrogens is 256 g/mol. The number of hydrogen-bond donors (Lipinski definition) is 1. The van der Waals surface area contributed by atoms with Crippen LogP contribution in [-0.4, -0.2) is 47.8 Å². The van der Waals surface area contributed by atoms with Gasteiger partial charge >= 0.3 is 0 Å². The van der Waals surface area contributed by atoms with Crippen LogP contribution in [0.2, 0.25) is 0 Å². The number of carbonyl (C=O) groups is 1. The fourth-order valence-corrected chi connectivity index (χ4v) is 2.96. The van der Waals surface area contributed by atoms with Crippen LogP contribution in [0.1, 0.15) is 17.6 Å². The molecule has 1 aromatic heterocycles. The molecule has 0 aliphatic carbocycles. The number of hydrogen-bond acceptors (Lipinski definition) is 5. The number of nitrogen functional groups attached to an aromatic ring is 1. The van der Waals surface area contributed by atoms with Gasteiger partial charge < -0.3 is 5.73 Å². The number of nitrogens with zero attached hydrogens (tertiary/aromatic N) is 3. The largest absolute Gasteiger partial charge is 0.382 e. The summed E-state index contributed by atoms with van der Waals surface area (Å²) in [4.78, 5) is 12.0. The maximum Gasteiger partial charge on any atom is 0.250 e. The lowest BCUT2D eigenvalue weighted by Gasteiger charge is -2.29. The summed E-state index contributed by atoms with van der Waals surface area (Å²) in [5, 5.41) is 3.87.